The highest BCUT2D eigenvalue weighted by Crippen LogP contribution is 2.42. The highest BCUT2D eigenvalue weighted by molar-refractivity contribution is 7.99. The SMILES string of the molecule is COc1cc(CN2C(=O)CCSC2c2ccc3c(c2)OCCO3)cc(OC)c1. The number of rotatable bonds is 5. The lowest BCUT2D eigenvalue weighted by Gasteiger charge is -2.36. The van der Waals surface area contributed by atoms with Gasteiger partial charge in [0.25, 0.3) is 0 Å². The van der Waals surface area contributed by atoms with Gasteiger partial charge < -0.3 is 23.8 Å². The van der Waals surface area contributed by atoms with Gasteiger partial charge in [-0.1, -0.05) is 6.07 Å². The third-order valence-electron chi connectivity index (χ3n) is 4.81. The maximum Gasteiger partial charge on any atom is 0.224 e. The van der Waals surface area contributed by atoms with E-state index < -0.39 is 0 Å². The van der Waals surface area contributed by atoms with Crippen LogP contribution in [0.15, 0.2) is 36.4 Å². The monoisotopic (exact) mass is 401 g/mol. The van der Waals surface area contributed by atoms with E-state index in [1.165, 1.54) is 0 Å². The minimum absolute atomic E-state index is 0.0747. The summed E-state index contributed by atoms with van der Waals surface area (Å²) in [6, 6.07) is 11.6. The van der Waals surface area contributed by atoms with E-state index >= 15 is 0 Å². The summed E-state index contributed by atoms with van der Waals surface area (Å²) < 4.78 is 22.1. The van der Waals surface area contributed by atoms with Gasteiger partial charge >= 0.3 is 0 Å². The molecule has 2 aliphatic heterocycles. The Hall–Kier alpha value is -2.54. The fraction of sp³-hybridized carbons (Fsp3) is 0.381. The third kappa shape index (κ3) is 3.85. The van der Waals surface area contributed by atoms with Crippen molar-refractivity contribution in [3.8, 4) is 23.0 Å². The quantitative estimate of drug-likeness (QED) is 0.763. The standard InChI is InChI=1S/C21H23NO5S/c1-24-16-9-14(10-17(12-16)25-2)13-22-20(23)5-8-28-21(22)15-3-4-18-19(11-15)27-7-6-26-18/h3-4,9-12,21H,5-8,13H2,1-2H3. The number of ether oxygens (including phenoxy) is 4. The van der Waals surface area contributed by atoms with Gasteiger partial charge in [-0.15, -0.1) is 11.8 Å². The van der Waals surface area contributed by atoms with Gasteiger partial charge in [-0.25, -0.2) is 0 Å². The van der Waals surface area contributed by atoms with Crippen LogP contribution in [0.5, 0.6) is 23.0 Å². The van der Waals surface area contributed by atoms with E-state index in [4.69, 9.17) is 18.9 Å². The molecule has 2 aliphatic rings. The van der Waals surface area contributed by atoms with Crippen LogP contribution in [0, 0.1) is 0 Å². The van der Waals surface area contributed by atoms with Crippen molar-refractivity contribution in [2.45, 2.75) is 18.3 Å². The summed E-state index contributed by atoms with van der Waals surface area (Å²) in [6.07, 6.45) is 0.535. The Morgan fingerprint density at radius 1 is 1.04 bits per heavy atom. The maximum atomic E-state index is 12.8. The molecule has 1 fully saturated rings. The summed E-state index contributed by atoms with van der Waals surface area (Å²) in [5, 5.41) is -0.0747. The van der Waals surface area contributed by atoms with Crippen LogP contribution in [-0.4, -0.2) is 44.0 Å². The zero-order valence-electron chi connectivity index (χ0n) is 16.0. The van der Waals surface area contributed by atoms with Crippen molar-refractivity contribution in [3.63, 3.8) is 0 Å². The van der Waals surface area contributed by atoms with Crippen LogP contribution in [0.25, 0.3) is 0 Å². The Bertz CT molecular complexity index is 850. The lowest BCUT2D eigenvalue weighted by molar-refractivity contribution is -0.132. The van der Waals surface area contributed by atoms with Crippen molar-refractivity contribution in [1.29, 1.82) is 0 Å². The number of nitrogens with zero attached hydrogens (tertiary/aromatic N) is 1. The summed E-state index contributed by atoms with van der Waals surface area (Å²) in [5.41, 5.74) is 2.01. The molecule has 7 heteroatoms. The van der Waals surface area contributed by atoms with Gasteiger partial charge in [0.15, 0.2) is 11.5 Å². The fourth-order valence-electron chi connectivity index (χ4n) is 3.44. The van der Waals surface area contributed by atoms with Gasteiger partial charge in [0.1, 0.15) is 30.1 Å². The first-order valence-electron chi connectivity index (χ1n) is 9.20. The summed E-state index contributed by atoms with van der Waals surface area (Å²) in [6.45, 7) is 1.59. The van der Waals surface area contributed by atoms with E-state index in [2.05, 4.69) is 0 Å². The Morgan fingerprint density at radius 2 is 1.75 bits per heavy atom. The Morgan fingerprint density at radius 3 is 2.46 bits per heavy atom. The van der Waals surface area contributed by atoms with Gasteiger partial charge in [-0.05, 0) is 35.4 Å². The average Bonchev–Trinajstić information content (AvgIpc) is 2.74. The van der Waals surface area contributed by atoms with E-state index in [1.807, 2.05) is 41.3 Å². The van der Waals surface area contributed by atoms with Gasteiger partial charge in [0.05, 0.1) is 14.2 Å². The largest absolute Gasteiger partial charge is 0.497 e. The van der Waals surface area contributed by atoms with Crippen molar-refractivity contribution in [3.05, 3.63) is 47.5 Å². The zero-order valence-corrected chi connectivity index (χ0v) is 16.8. The van der Waals surface area contributed by atoms with E-state index in [0.717, 1.165) is 28.4 Å². The van der Waals surface area contributed by atoms with Gasteiger partial charge in [-0.2, -0.15) is 0 Å². The van der Waals surface area contributed by atoms with Crippen molar-refractivity contribution < 1.29 is 23.7 Å². The number of fused-ring (bicyclic) bond motifs is 1. The van der Waals surface area contributed by atoms with Crippen LogP contribution in [0.1, 0.15) is 22.9 Å². The minimum Gasteiger partial charge on any atom is -0.497 e. The number of hydrogen-bond donors (Lipinski definition) is 0. The molecular formula is C21H23NO5S. The van der Waals surface area contributed by atoms with E-state index in [-0.39, 0.29) is 11.3 Å². The molecule has 0 N–H and O–H groups in total. The first-order valence-corrected chi connectivity index (χ1v) is 10.3. The normalized spacial score (nSPS) is 18.7. The van der Waals surface area contributed by atoms with Crippen LogP contribution in [0.4, 0.5) is 0 Å². The molecule has 2 aromatic rings. The van der Waals surface area contributed by atoms with Crippen LogP contribution < -0.4 is 18.9 Å². The fourth-order valence-corrected chi connectivity index (χ4v) is 4.66. The highest BCUT2D eigenvalue weighted by atomic mass is 32.2. The van der Waals surface area contributed by atoms with Crippen LogP contribution >= 0.6 is 11.8 Å². The lowest BCUT2D eigenvalue weighted by atomic mass is 10.1. The first-order chi connectivity index (χ1) is 13.7. The molecule has 28 heavy (non-hydrogen) atoms. The number of methoxy groups -OCH3 is 2. The van der Waals surface area contributed by atoms with Gasteiger partial charge in [-0.3, -0.25) is 4.79 Å². The predicted molar refractivity (Wildman–Crippen MR) is 107 cm³/mol. The Labute approximate surface area is 168 Å². The molecule has 1 atom stereocenters. The predicted octanol–water partition coefficient (Wildman–Crippen LogP) is 3.64. The topological polar surface area (TPSA) is 57.2 Å². The second kappa shape index (κ2) is 8.22. The molecule has 2 heterocycles. The summed E-state index contributed by atoms with van der Waals surface area (Å²) in [5.74, 6) is 3.86. The van der Waals surface area contributed by atoms with Crippen LogP contribution in [0.3, 0.4) is 0 Å². The van der Waals surface area contributed by atoms with Crippen molar-refractivity contribution >= 4 is 17.7 Å². The molecule has 1 unspecified atom stereocenters. The highest BCUT2D eigenvalue weighted by Gasteiger charge is 2.31. The Kier molecular flexibility index (Phi) is 5.52. The number of carbonyl (C=O) groups excluding carboxylic acids is 1. The molecule has 0 bridgehead atoms. The average molecular weight is 401 g/mol. The number of amides is 1. The Balaban J connectivity index is 1.63. The number of hydrogen-bond acceptors (Lipinski definition) is 6. The van der Waals surface area contributed by atoms with Crippen molar-refractivity contribution in [2.75, 3.05) is 33.2 Å². The molecular weight excluding hydrogens is 378 g/mol. The van der Waals surface area contributed by atoms with Crippen molar-refractivity contribution in [2.24, 2.45) is 0 Å². The summed E-state index contributed by atoms with van der Waals surface area (Å²) in [4.78, 5) is 14.7. The third-order valence-corrected chi connectivity index (χ3v) is 6.09. The van der Waals surface area contributed by atoms with Crippen LogP contribution in [-0.2, 0) is 11.3 Å². The minimum atomic E-state index is -0.0747. The number of carbonyl (C=O) groups is 1. The number of thioether (sulfide) groups is 1. The second-order valence-corrected chi connectivity index (χ2v) is 7.81. The van der Waals surface area contributed by atoms with Crippen LogP contribution in [0.2, 0.25) is 0 Å². The lowest BCUT2D eigenvalue weighted by Crippen LogP contribution is -2.36. The molecule has 2 aromatic carbocycles. The number of benzene rings is 2. The molecule has 148 valence electrons. The molecule has 0 aliphatic carbocycles. The van der Waals surface area contributed by atoms with Gasteiger partial charge in [0.2, 0.25) is 5.91 Å². The van der Waals surface area contributed by atoms with Crippen molar-refractivity contribution in [1.82, 2.24) is 4.90 Å². The maximum absolute atomic E-state index is 12.8. The molecule has 1 saturated heterocycles. The molecule has 0 radical (unpaired) electrons. The molecule has 1 amide bonds. The molecule has 6 nitrogen and oxygen atoms in total. The molecule has 0 saturated carbocycles. The smallest absolute Gasteiger partial charge is 0.224 e. The first kappa shape index (κ1) is 18.8. The van der Waals surface area contributed by atoms with E-state index in [9.17, 15) is 4.79 Å². The summed E-state index contributed by atoms with van der Waals surface area (Å²) >= 11 is 1.76. The molecule has 0 aromatic heterocycles. The van der Waals surface area contributed by atoms with E-state index in [0.29, 0.717) is 37.7 Å². The second-order valence-electron chi connectivity index (χ2n) is 6.62. The molecule has 4 rings (SSSR count). The van der Waals surface area contributed by atoms with Gasteiger partial charge in [0, 0.05) is 24.8 Å². The molecule has 0 spiro atoms. The summed E-state index contributed by atoms with van der Waals surface area (Å²) in [7, 11) is 3.25. The van der Waals surface area contributed by atoms with E-state index in [1.54, 1.807) is 26.0 Å². The zero-order chi connectivity index (χ0) is 19.5.